The Morgan fingerprint density at radius 3 is 2.48 bits per heavy atom. The van der Waals surface area contributed by atoms with Crippen LogP contribution in [-0.2, 0) is 7.05 Å². The molecule has 0 saturated heterocycles. The molecule has 0 amide bonds. The van der Waals surface area contributed by atoms with Gasteiger partial charge in [-0.25, -0.2) is 0 Å². The molecule has 0 aliphatic carbocycles. The summed E-state index contributed by atoms with van der Waals surface area (Å²) < 4.78 is 7.98. The molecule has 2 aromatic carbocycles. The van der Waals surface area contributed by atoms with Crippen LogP contribution in [0.3, 0.4) is 0 Å². The molecule has 140 valence electrons. The molecule has 0 saturated carbocycles. The van der Waals surface area contributed by atoms with Crippen molar-refractivity contribution in [1.29, 1.82) is 5.26 Å². The number of nitrogens with zero attached hydrogens (tertiary/aromatic N) is 3. The predicted molar refractivity (Wildman–Crippen MR) is 110 cm³/mol. The van der Waals surface area contributed by atoms with E-state index in [2.05, 4.69) is 31.0 Å². The molecule has 0 aliphatic heterocycles. The second-order valence-corrected chi connectivity index (χ2v) is 7.43. The summed E-state index contributed by atoms with van der Waals surface area (Å²) in [7, 11) is 1.92. The number of nitriles is 1. The van der Waals surface area contributed by atoms with Crippen LogP contribution in [0.5, 0.6) is 11.8 Å². The molecule has 0 atom stereocenters. The van der Waals surface area contributed by atoms with Crippen molar-refractivity contribution in [3.8, 4) is 17.8 Å². The molecule has 1 aromatic heterocycles. The van der Waals surface area contributed by atoms with Crippen molar-refractivity contribution < 1.29 is 4.74 Å². The number of ether oxygens (including phenoxy) is 1. The van der Waals surface area contributed by atoms with E-state index < -0.39 is 0 Å². The summed E-state index contributed by atoms with van der Waals surface area (Å²) in [6.45, 7) is 6.22. The Morgan fingerprint density at radius 2 is 1.89 bits per heavy atom. The highest BCUT2D eigenvalue weighted by Crippen LogP contribution is 2.38. The zero-order valence-electron chi connectivity index (χ0n) is 15.8. The number of halogens is 2. The Balaban J connectivity index is 2.15. The molecular weight excluding hydrogens is 381 g/mol. The Bertz CT molecular complexity index is 1020. The monoisotopic (exact) mass is 401 g/mol. The second-order valence-electron chi connectivity index (χ2n) is 6.62. The van der Waals surface area contributed by atoms with E-state index in [0.717, 1.165) is 29.4 Å². The zero-order chi connectivity index (χ0) is 19.7. The number of aromatic nitrogens is 2. The van der Waals surface area contributed by atoms with Crippen LogP contribution in [0.25, 0.3) is 11.0 Å². The minimum absolute atomic E-state index is 0.380. The maximum Gasteiger partial charge on any atom is 0.302 e. The van der Waals surface area contributed by atoms with Crippen molar-refractivity contribution >= 4 is 34.2 Å². The first-order valence-electron chi connectivity index (χ1n) is 8.94. The van der Waals surface area contributed by atoms with E-state index in [9.17, 15) is 0 Å². The van der Waals surface area contributed by atoms with Gasteiger partial charge in [0.15, 0.2) is 5.75 Å². The SMILES string of the molecule is CCC(CC)c1ccc(Cl)c2nc(Oc3c(C)cc(C#N)cc3Cl)n(C)c12. The summed E-state index contributed by atoms with van der Waals surface area (Å²) in [5.74, 6) is 0.919. The van der Waals surface area contributed by atoms with Gasteiger partial charge in [0.2, 0.25) is 0 Å². The molecule has 0 radical (unpaired) electrons. The molecular formula is C21H21Cl2N3O. The van der Waals surface area contributed by atoms with E-state index in [1.807, 2.05) is 24.6 Å². The fourth-order valence-electron chi connectivity index (χ4n) is 3.46. The van der Waals surface area contributed by atoms with Crippen LogP contribution in [0.2, 0.25) is 10.0 Å². The van der Waals surface area contributed by atoms with E-state index in [0.29, 0.717) is 33.3 Å². The molecule has 4 nitrogen and oxygen atoms in total. The molecule has 0 unspecified atom stereocenters. The lowest BCUT2D eigenvalue weighted by molar-refractivity contribution is 0.425. The fourth-order valence-corrected chi connectivity index (χ4v) is 3.96. The lowest BCUT2D eigenvalue weighted by Gasteiger charge is -2.15. The average Bonchev–Trinajstić information content (AvgIpc) is 2.98. The third-order valence-corrected chi connectivity index (χ3v) is 5.53. The first-order valence-corrected chi connectivity index (χ1v) is 9.69. The fraction of sp³-hybridized carbons (Fsp3) is 0.333. The summed E-state index contributed by atoms with van der Waals surface area (Å²) in [6, 6.07) is 9.82. The molecule has 0 N–H and O–H groups in total. The van der Waals surface area contributed by atoms with E-state index in [4.69, 9.17) is 33.2 Å². The smallest absolute Gasteiger partial charge is 0.302 e. The van der Waals surface area contributed by atoms with Gasteiger partial charge < -0.3 is 4.74 Å². The number of imidazole rings is 1. The predicted octanol–water partition coefficient (Wildman–Crippen LogP) is 6.76. The van der Waals surface area contributed by atoms with E-state index in [1.165, 1.54) is 5.56 Å². The van der Waals surface area contributed by atoms with Crippen molar-refractivity contribution in [1.82, 2.24) is 9.55 Å². The second kappa shape index (κ2) is 7.80. The average molecular weight is 402 g/mol. The number of hydrogen-bond acceptors (Lipinski definition) is 3. The summed E-state index contributed by atoms with van der Waals surface area (Å²) in [5, 5.41) is 10.1. The van der Waals surface area contributed by atoms with Crippen LogP contribution in [-0.4, -0.2) is 9.55 Å². The van der Waals surface area contributed by atoms with Crippen molar-refractivity contribution in [2.45, 2.75) is 39.5 Å². The van der Waals surface area contributed by atoms with Gasteiger partial charge in [-0.1, -0.05) is 43.1 Å². The first kappa shape index (κ1) is 19.5. The van der Waals surface area contributed by atoms with Gasteiger partial charge in [-0.3, -0.25) is 4.57 Å². The first-order chi connectivity index (χ1) is 12.9. The standard InChI is InChI=1S/C21H21Cl2N3O/c1-5-14(6-2)15-7-8-16(22)18-19(15)26(4)21(25-18)27-20-12(3)9-13(11-24)10-17(20)23/h7-10,14H,5-6H2,1-4H3. The molecule has 1 heterocycles. The molecule has 6 heteroatoms. The lowest BCUT2D eigenvalue weighted by atomic mass is 9.93. The zero-order valence-corrected chi connectivity index (χ0v) is 17.3. The molecule has 0 spiro atoms. The van der Waals surface area contributed by atoms with Crippen LogP contribution in [0.15, 0.2) is 24.3 Å². The Hall–Kier alpha value is -2.22. The topological polar surface area (TPSA) is 50.8 Å². The van der Waals surface area contributed by atoms with Gasteiger partial charge in [-0.15, -0.1) is 0 Å². The summed E-state index contributed by atoms with van der Waals surface area (Å²) in [4.78, 5) is 4.63. The van der Waals surface area contributed by atoms with Crippen molar-refractivity contribution in [3.63, 3.8) is 0 Å². The Labute approximate surface area is 169 Å². The number of aryl methyl sites for hydroxylation is 2. The molecule has 0 aliphatic rings. The number of hydrogen-bond donors (Lipinski definition) is 0. The highest BCUT2D eigenvalue weighted by molar-refractivity contribution is 6.35. The molecule has 3 rings (SSSR count). The quantitative estimate of drug-likeness (QED) is 0.474. The largest absolute Gasteiger partial charge is 0.424 e. The lowest BCUT2D eigenvalue weighted by Crippen LogP contribution is -2.01. The van der Waals surface area contributed by atoms with Gasteiger partial charge in [-0.2, -0.15) is 10.2 Å². The number of benzene rings is 2. The third-order valence-electron chi connectivity index (χ3n) is 4.94. The molecule has 27 heavy (non-hydrogen) atoms. The van der Waals surface area contributed by atoms with Crippen molar-refractivity contribution in [3.05, 3.63) is 51.0 Å². The molecule has 0 bridgehead atoms. The van der Waals surface area contributed by atoms with Crippen LogP contribution in [0.1, 0.15) is 49.3 Å². The third kappa shape index (κ3) is 3.50. The van der Waals surface area contributed by atoms with E-state index in [-0.39, 0.29) is 0 Å². The van der Waals surface area contributed by atoms with Crippen molar-refractivity contribution in [2.75, 3.05) is 0 Å². The van der Waals surface area contributed by atoms with Gasteiger partial charge in [0.1, 0.15) is 5.52 Å². The van der Waals surface area contributed by atoms with Gasteiger partial charge in [0.25, 0.3) is 0 Å². The maximum absolute atomic E-state index is 9.09. The maximum atomic E-state index is 9.09. The highest BCUT2D eigenvalue weighted by Gasteiger charge is 2.21. The number of rotatable bonds is 5. The Morgan fingerprint density at radius 1 is 1.19 bits per heavy atom. The van der Waals surface area contributed by atoms with Crippen LogP contribution >= 0.6 is 23.2 Å². The van der Waals surface area contributed by atoms with Gasteiger partial charge in [0, 0.05) is 7.05 Å². The Kier molecular flexibility index (Phi) is 5.64. The highest BCUT2D eigenvalue weighted by atomic mass is 35.5. The van der Waals surface area contributed by atoms with Gasteiger partial charge in [0.05, 0.1) is 27.2 Å². The van der Waals surface area contributed by atoms with Gasteiger partial charge >= 0.3 is 6.01 Å². The minimum atomic E-state index is 0.380. The van der Waals surface area contributed by atoms with Crippen molar-refractivity contribution in [2.24, 2.45) is 7.05 Å². The molecule has 0 fully saturated rings. The summed E-state index contributed by atoms with van der Waals surface area (Å²) in [6.07, 6.45) is 2.07. The molecule has 3 aromatic rings. The van der Waals surface area contributed by atoms with E-state index >= 15 is 0 Å². The summed E-state index contributed by atoms with van der Waals surface area (Å²) >= 11 is 12.8. The van der Waals surface area contributed by atoms with Crippen LogP contribution in [0, 0.1) is 18.3 Å². The van der Waals surface area contributed by atoms with Crippen LogP contribution < -0.4 is 4.74 Å². The van der Waals surface area contributed by atoms with Gasteiger partial charge in [-0.05, 0) is 55.0 Å². The minimum Gasteiger partial charge on any atom is -0.424 e. The summed E-state index contributed by atoms with van der Waals surface area (Å²) in [5.41, 5.74) is 4.19. The number of fused-ring (bicyclic) bond motifs is 1. The van der Waals surface area contributed by atoms with Crippen LogP contribution in [0.4, 0.5) is 0 Å². The normalized spacial score (nSPS) is 11.2. The van der Waals surface area contributed by atoms with E-state index in [1.54, 1.807) is 12.1 Å².